The van der Waals surface area contributed by atoms with Gasteiger partial charge in [-0.15, -0.1) is 11.8 Å². The molecular formula is C30H35NO4S. The SMILES string of the molecule is CCC(Cc1ccccc1)NCCCC(Sc1ccccc1)c1ccccc1.O=C(O)/C=C\C(=O)O. The third-order valence-corrected chi connectivity index (χ3v) is 6.79. The molecule has 36 heavy (non-hydrogen) atoms. The van der Waals surface area contributed by atoms with E-state index in [-0.39, 0.29) is 0 Å². The van der Waals surface area contributed by atoms with Crippen LogP contribution in [0.4, 0.5) is 0 Å². The number of hydrogen-bond donors (Lipinski definition) is 3. The van der Waals surface area contributed by atoms with E-state index in [1.165, 1.54) is 28.9 Å². The first-order valence-electron chi connectivity index (χ1n) is 12.2. The Kier molecular flexibility index (Phi) is 13.8. The van der Waals surface area contributed by atoms with E-state index in [0.29, 0.717) is 23.4 Å². The molecule has 3 rings (SSSR count). The summed E-state index contributed by atoms with van der Waals surface area (Å²) in [6.45, 7) is 3.35. The van der Waals surface area contributed by atoms with Crippen LogP contribution in [-0.4, -0.2) is 34.7 Å². The standard InChI is InChI=1S/C26H31NS.C4H4O4/c1-2-24(21-22-13-6-3-7-14-22)27-20-12-19-26(23-15-8-4-9-16-23)28-25-17-10-5-11-18-25;5-3(6)1-2-4(7)8/h3-11,13-18,24,26-27H,2,12,19-21H2,1H3;1-2H,(H,5,6)(H,7,8)/b;2-1-. The first kappa shape index (κ1) is 28.9. The molecule has 0 amide bonds. The van der Waals surface area contributed by atoms with Crippen LogP contribution in [0.5, 0.6) is 0 Å². The van der Waals surface area contributed by atoms with Crippen LogP contribution in [0.25, 0.3) is 0 Å². The number of carbonyl (C=O) groups is 2. The Hall–Kier alpha value is -3.35. The highest BCUT2D eigenvalue weighted by Gasteiger charge is 2.13. The first-order valence-corrected chi connectivity index (χ1v) is 13.0. The lowest BCUT2D eigenvalue weighted by Gasteiger charge is -2.20. The molecule has 3 aromatic rings. The van der Waals surface area contributed by atoms with Crippen molar-refractivity contribution in [3.8, 4) is 0 Å². The number of benzene rings is 3. The van der Waals surface area contributed by atoms with Gasteiger partial charge in [-0.05, 0) is 55.5 Å². The summed E-state index contributed by atoms with van der Waals surface area (Å²) in [5.74, 6) is -2.51. The summed E-state index contributed by atoms with van der Waals surface area (Å²) >= 11 is 1.98. The van der Waals surface area contributed by atoms with Gasteiger partial charge in [-0.25, -0.2) is 9.59 Å². The van der Waals surface area contributed by atoms with Gasteiger partial charge in [0.1, 0.15) is 0 Å². The average molecular weight is 506 g/mol. The number of nitrogens with one attached hydrogen (secondary N) is 1. The van der Waals surface area contributed by atoms with Gasteiger partial charge in [0.2, 0.25) is 0 Å². The zero-order chi connectivity index (χ0) is 26.0. The Bertz CT molecular complexity index is 1030. The summed E-state index contributed by atoms with van der Waals surface area (Å²) in [7, 11) is 0. The molecule has 2 atom stereocenters. The Morgan fingerprint density at radius 2 is 1.36 bits per heavy atom. The maximum Gasteiger partial charge on any atom is 0.328 e. The van der Waals surface area contributed by atoms with Crippen LogP contribution in [0, 0.1) is 0 Å². The normalized spacial score (nSPS) is 12.4. The smallest absolute Gasteiger partial charge is 0.328 e. The molecule has 0 aliphatic rings. The van der Waals surface area contributed by atoms with Crippen molar-refractivity contribution in [2.45, 2.75) is 48.8 Å². The maximum atomic E-state index is 9.55. The second-order valence-electron chi connectivity index (χ2n) is 8.23. The second-order valence-corrected chi connectivity index (χ2v) is 9.51. The Balaban J connectivity index is 0.000000493. The van der Waals surface area contributed by atoms with E-state index < -0.39 is 11.9 Å². The monoisotopic (exact) mass is 505 g/mol. The highest BCUT2D eigenvalue weighted by Crippen LogP contribution is 2.38. The van der Waals surface area contributed by atoms with Gasteiger partial charge in [0, 0.05) is 28.3 Å². The summed E-state index contributed by atoms with van der Waals surface area (Å²) in [5, 5.41) is 19.9. The summed E-state index contributed by atoms with van der Waals surface area (Å²) in [6, 6.07) is 33.1. The fraction of sp³-hybridized carbons (Fsp3) is 0.267. The zero-order valence-corrected chi connectivity index (χ0v) is 21.4. The lowest BCUT2D eigenvalue weighted by Crippen LogP contribution is -2.31. The van der Waals surface area contributed by atoms with E-state index in [2.05, 4.69) is 103 Å². The minimum atomic E-state index is -1.26. The zero-order valence-electron chi connectivity index (χ0n) is 20.6. The fourth-order valence-electron chi connectivity index (χ4n) is 3.62. The summed E-state index contributed by atoms with van der Waals surface area (Å²) in [6.07, 6.45) is 5.75. The van der Waals surface area contributed by atoms with Crippen molar-refractivity contribution < 1.29 is 19.8 Å². The molecule has 0 aliphatic carbocycles. The van der Waals surface area contributed by atoms with E-state index in [1.807, 2.05) is 11.8 Å². The van der Waals surface area contributed by atoms with Crippen molar-refractivity contribution in [1.82, 2.24) is 5.32 Å². The molecule has 0 bridgehead atoms. The molecule has 0 saturated heterocycles. The van der Waals surface area contributed by atoms with Crippen LogP contribution in [0.3, 0.4) is 0 Å². The van der Waals surface area contributed by atoms with Crippen molar-refractivity contribution in [2.75, 3.05) is 6.54 Å². The highest BCUT2D eigenvalue weighted by atomic mass is 32.2. The van der Waals surface area contributed by atoms with Crippen LogP contribution in [-0.2, 0) is 16.0 Å². The predicted octanol–water partition coefficient (Wildman–Crippen LogP) is 6.62. The van der Waals surface area contributed by atoms with Crippen molar-refractivity contribution in [3.05, 3.63) is 114 Å². The van der Waals surface area contributed by atoms with Crippen LogP contribution >= 0.6 is 11.8 Å². The average Bonchev–Trinajstić information content (AvgIpc) is 2.90. The molecular weight excluding hydrogens is 470 g/mol. The molecule has 3 N–H and O–H groups in total. The van der Waals surface area contributed by atoms with Crippen LogP contribution < -0.4 is 5.32 Å². The minimum Gasteiger partial charge on any atom is -0.478 e. The highest BCUT2D eigenvalue weighted by molar-refractivity contribution is 7.99. The molecule has 0 heterocycles. The summed E-state index contributed by atoms with van der Waals surface area (Å²) in [5.41, 5.74) is 2.84. The third kappa shape index (κ3) is 12.4. The molecule has 5 nitrogen and oxygen atoms in total. The third-order valence-electron chi connectivity index (χ3n) is 5.46. The van der Waals surface area contributed by atoms with Gasteiger partial charge in [-0.3, -0.25) is 0 Å². The molecule has 0 fully saturated rings. The molecule has 190 valence electrons. The molecule has 3 aromatic carbocycles. The van der Waals surface area contributed by atoms with Crippen molar-refractivity contribution in [3.63, 3.8) is 0 Å². The summed E-state index contributed by atoms with van der Waals surface area (Å²) < 4.78 is 0. The Morgan fingerprint density at radius 3 is 1.89 bits per heavy atom. The minimum absolute atomic E-state index is 0.500. The van der Waals surface area contributed by atoms with E-state index in [4.69, 9.17) is 10.2 Å². The Morgan fingerprint density at radius 1 is 0.833 bits per heavy atom. The van der Waals surface area contributed by atoms with Gasteiger partial charge in [-0.1, -0.05) is 85.8 Å². The van der Waals surface area contributed by atoms with E-state index >= 15 is 0 Å². The first-order chi connectivity index (χ1) is 17.5. The lowest BCUT2D eigenvalue weighted by atomic mass is 10.0. The molecule has 0 aromatic heterocycles. The van der Waals surface area contributed by atoms with Crippen molar-refractivity contribution in [2.24, 2.45) is 0 Å². The van der Waals surface area contributed by atoms with E-state index in [9.17, 15) is 9.59 Å². The largest absolute Gasteiger partial charge is 0.478 e. The second kappa shape index (κ2) is 17.1. The number of rotatable bonds is 13. The van der Waals surface area contributed by atoms with Gasteiger partial charge in [-0.2, -0.15) is 0 Å². The van der Waals surface area contributed by atoms with Gasteiger partial charge in [0.15, 0.2) is 0 Å². The molecule has 0 saturated carbocycles. The number of carboxylic acid groups (broad SMARTS) is 2. The van der Waals surface area contributed by atoms with Crippen LogP contribution in [0.1, 0.15) is 42.6 Å². The van der Waals surface area contributed by atoms with Crippen LogP contribution in [0.2, 0.25) is 0 Å². The molecule has 0 aliphatic heterocycles. The summed E-state index contributed by atoms with van der Waals surface area (Å²) in [4.78, 5) is 20.5. The molecule has 0 radical (unpaired) electrons. The topological polar surface area (TPSA) is 86.6 Å². The number of hydrogen-bond acceptors (Lipinski definition) is 4. The predicted molar refractivity (Wildman–Crippen MR) is 147 cm³/mol. The number of thioether (sulfide) groups is 1. The fourth-order valence-corrected chi connectivity index (χ4v) is 4.84. The quantitative estimate of drug-likeness (QED) is 0.137. The lowest BCUT2D eigenvalue weighted by molar-refractivity contribution is -0.134. The van der Waals surface area contributed by atoms with Crippen molar-refractivity contribution >= 4 is 23.7 Å². The molecule has 2 unspecified atom stereocenters. The Labute approximate surface area is 218 Å². The number of carboxylic acids is 2. The van der Waals surface area contributed by atoms with Gasteiger partial charge < -0.3 is 15.5 Å². The van der Waals surface area contributed by atoms with Gasteiger partial charge >= 0.3 is 11.9 Å². The molecule has 0 spiro atoms. The van der Waals surface area contributed by atoms with Crippen LogP contribution in [0.15, 0.2) is 108 Å². The van der Waals surface area contributed by atoms with Gasteiger partial charge in [0.25, 0.3) is 0 Å². The molecule has 6 heteroatoms. The maximum absolute atomic E-state index is 9.55. The number of aliphatic carboxylic acids is 2. The van der Waals surface area contributed by atoms with Gasteiger partial charge in [0.05, 0.1) is 0 Å². The van der Waals surface area contributed by atoms with E-state index in [1.54, 1.807) is 0 Å². The van der Waals surface area contributed by atoms with Crippen molar-refractivity contribution in [1.29, 1.82) is 0 Å². The van der Waals surface area contributed by atoms with E-state index in [0.717, 1.165) is 19.4 Å².